The third kappa shape index (κ3) is 2.15. The van der Waals surface area contributed by atoms with Gasteiger partial charge >= 0.3 is 5.97 Å². The summed E-state index contributed by atoms with van der Waals surface area (Å²) < 4.78 is 1.42. The lowest BCUT2D eigenvalue weighted by molar-refractivity contribution is -0.131. The maximum Gasteiger partial charge on any atom is 0.378 e. The number of rotatable bonds is 4. The topological polar surface area (TPSA) is 72.2 Å². The molecule has 1 heterocycles. The number of aliphatic carboxylic acids is 1. The van der Waals surface area contributed by atoms with Crippen LogP contribution in [-0.4, -0.2) is 26.6 Å². The van der Waals surface area contributed by atoms with Crippen molar-refractivity contribution in [3.05, 3.63) is 53.9 Å². The molecule has 0 unspecified atom stereocenters. The molecule has 1 atom stereocenters. The highest BCUT2D eigenvalue weighted by Crippen LogP contribution is 2.18. The largest absolute Gasteiger partial charge is 0.475 e. The van der Waals surface area contributed by atoms with Gasteiger partial charge in [-0.2, -0.15) is 5.10 Å². The molecule has 1 aromatic carbocycles. The van der Waals surface area contributed by atoms with Gasteiger partial charge in [-0.05, 0) is 18.6 Å². The summed E-state index contributed by atoms with van der Waals surface area (Å²) >= 11 is 0. The standard InChI is InChI=1S/C13H12N2O3/c1-9(10-5-3-2-4-6-10)15-11(7-8-14-15)12(16)13(17)18/h2-9H,1H3,(H,17,18)/t9-/m1/s1. The van der Waals surface area contributed by atoms with Crippen LogP contribution >= 0.6 is 0 Å². The Morgan fingerprint density at radius 1 is 1.22 bits per heavy atom. The maximum absolute atomic E-state index is 11.5. The van der Waals surface area contributed by atoms with E-state index < -0.39 is 11.8 Å². The third-order valence-electron chi connectivity index (χ3n) is 2.75. The van der Waals surface area contributed by atoms with Crippen molar-refractivity contribution in [2.75, 3.05) is 0 Å². The van der Waals surface area contributed by atoms with E-state index in [-0.39, 0.29) is 11.7 Å². The Balaban J connectivity index is 2.38. The highest BCUT2D eigenvalue weighted by molar-refractivity contribution is 6.39. The molecular formula is C13H12N2O3. The first-order valence-corrected chi connectivity index (χ1v) is 5.47. The number of hydrogen-bond acceptors (Lipinski definition) is 3. The fourth-order valence-corrected chi connectivity index (χ4v) is 1.78. The van der Waals surface area contributed by atoms with Crippen molar-refractivity contribution < 1.29 is 14.7 Å². The smallest absolute Gasteiger partial charge is 0.378 e. The van der Waals surface area contributed by atoms with Crippen molar-refractivity contribution in [2.45, 2.75) is 13.0 Å². The van der Waals surface area contributed by atoms with E-state index >= 15 is 0 Å². The molecule has 92 valence electrons. The van der Waals surface area contributed by atoms with Crippen LogP contribution in [0.5, 0.6) is 0 Å². The van der Waals surface area contributed by atoms with Crippen LogP contribution in [0.3, 0.4) is 0 Å². The van der Waals surface area contributed by atoms with Crippen molar-refractivity contribution >= 4 is 11.8 Å². The fourth-order valence-electron chi connectivity index (χ4n) is 1.78. The van der Waals surface area contributed by atoms with E-state index in [1.165, 1.54) is 16.9 Å². The van der Waals surface area contributed by atoms with Gasteiger partial charge in [-0.15, -0.1) is 0 Å². The molecule has 0 aliphatic carbocycles. The number of Topliss-reactive ketones (excluding diaryl/α,β-unsaturated/α-hetero) is 1. The SMILES string of the molecule is C[C@H](c1ccccc1)n1nccc1C(=O)C(=O)O. The van der Waals surface area contributed by atoms with Gasteiger partial charge in [0.2, 0.25) is 0 Å². The molecule has 18 heavy (non-hydrogen) atoms. The summed E-state index contributed by atoms with van der Waals surface area (Å²) in [6, 6.07) is 10.7. The zero-order chi connectivity index (χ0) is 13.1. The summed E-state index contributed by atoms with van der Waals surface area (Å²) in [5.74, 6) is -2.42. The second-order valence-corrected chi connectivity index (χ2v) is 3.88. The number of carbonyl (C=O) groups excluding carboxylic acids is 1. The summed E-state index contributed by atoms with van der Waals surface area (Å²) in [6.07, 6.45) is 1.43. The molecule has 0 saturated heterocycles. The van der Waals surface area contributed by atoms with Gasteiger partial charge in [-0.1, -0.05) is 30.3 Å². The minimum absolute atomic E-state index is 0.0823. The Bertz CT molecular complexity index is 575. The van der Waals surface area contributed by atoms with Gasteiger partial charge in [0.15, 0.2) is 0 Å². The molecule has 0 amide bonds. The first kappa shape index (κ1) is 12.0. The summed E-state index contributed by atoms with van der Waals surface area (Å²) in [6.45, 7) is 1.86. The van der Waals surface area contributed by atoms with E-state index in [4.69, 9.17) is 5.11 Å². The van der Waals surface area contributed by atoms with E-state index in [1.54, 1.807) is 0 Å². The quantitative estimate of drug-likeness (QED) is 0.657. The van der Waals surface area contributed by atoms with Crippen molar-refractivity contribution in [1.29, 1.82) is 0 Å². The van der Waals surface area contributed by atoms with Crippen molar-refractivity contribution in [3.8, 4) is 0 Å². The van der Waals surface area contributed by atoms with E-state index in [0.717, 1.165) is 5.56 Å². The highest BCUT2D eigenvalue weighted by Gasteiger charge is 2.22. The molecule has 0 aliphatic rings. The number of aromatic nitrogens is 2. The molecule has 0 bridgehead atoms. The number of nitrogens with zero attached hydrogens (tertiary/aromatic N) is 2. The predicted molar refractivity (Wildman–Crippen MR) is 64.4 cm³/mol. The second-order valence-electron chi connectivity index (χ2n) is 3.88. The van der Waals surface area contributed by atoms with Crippen LogP contribution in [-0.2, 0) is 4.79 Å². The second kappa shape index (κ2) is 4.83. The average Bonchev–Trinajstić information content (AvgIpc) is 2.87. The van der Waals surface area contributed by atoms with Crippen LogP contribution in [0.1, 0.15) is 29.0 Å². The third-order valence-corrected chi connectivity index (χ3v) is 2.75. The average molecular weight is 244 g/mol. The molecule has 0 saturated carbocycles. The molecule has 2 aromatic rings. The minimum Gasteiger partial charge on any atom is -0.475 e. The van der Waals surface area contributed by atoms with Crippen molar-refractivity contribution in [1.82, 2.24) is 9.78 Å². The number of carbonyl (C=O) groups is 2. The van der Waals surface area contributed by atoms with Crippen molar-refractivity contribution in [2.24, 2.45) is 0 Å². The molecule has 0 spiro atoms. The molecular weight excluding hydrogens is 232 g/mol. The van der Waals surface area contributed by atoms with Gasteiger partial charge in [-0.3, -0.25) is 9.48 Å². The monoisotopic (exact) mass is 244 g/mol. The summed E-state index contributed by atoms with van der Waals surface area (Å²) in [7, 11) is 0. The van der Waals surface area contributed by atoms with Crippen LogP contribution in [0.2, 0.25) is 0 Å². The molecule has 5 heteroatoms. The van der Waals surface area contributed by atoms with Crippen LogP contribution in [0.4, 0.5) is 0 Å². The van der Waals surface area contributed by atoms with Gasteiger partial charge < -0.3 is 5.11 Å². The highest BCUT2D eigenvalue weighted by atomic mass is 16.4. The minimum atomic E-state index is -1.47. The summed E-state index contributed by atoms with van der Waals surface area (Å²) in [4.78, 5) is 22.2. The molecule has 0 aliphatic heterocycles. The Morgan fingerprint density at radius 2 is 1.89 bits per heavy atom. The lowest BCUT2D eigenvalue weighted by Gasteiger charge is -2.14. The Kier molecular flexibility index (Phi) is 3.23. The van der Waals surface area contributed by atoms with Crippen molar-refractivity contribution in [3.63, 3.8) is 0 Å². The number of benzene rings is 1. The van der Waals surface area contributed by atoms with Crippen LogP contribution in [0.25, 0.3) is 0 Å². The zero-order valence-electron chi connectivity index (χ0n) is 9.78. The van der Waals surface area contributed by atoms with Crippen LogP contribution in [0, 0.1) is 0 Å². The molecule has 5 nitrogen and oxygen atoms in total. The molecule has 2 rings (SSSR count). The molecule has 0 radical (unpaired) electrons. The van der Waals surface area contributed by atoms with E-state index in [9.17, 15) is 9.59 Å². The molecule has 0 fully saturated rings. The van der Waals surface area contributed by atoms with Gasteiger partial charge in [0.1, 0.15) is 5.69 Å². The van der Waals surface area contributed by atoms with E-state index in [2.05, 4.69) is 5.10 Å². The Hall–Kier alpha value is -2.43. The van der Waals surface area contributed by atoms with E-state index in [1.807, 2.05) is 37.3 Å². The number of carboxylic acids is 1. The zero-order valence-corrected chi connectivity index (χ0v) is 9.78. The van der Waals surface area contributed by atoms with Crippen LogP contribution < -0.4 is 0 Å². The van der Waals surface area contributed by atoms with Gasteiger partial charge in [0.05, 0.1) is 6.04 Å². The predicted octanol–water partition coefficient (Wildman–Crippen LogP) is 1.76. The molecule has 1 aromatic heterocycles. The van der Waals surface area contributed by atoms with Gasteiger partial charge in [-0.25, -0.2) is 4.79 Å². The molecule has 1 N–H and O–H groups in total. The van der Waals surface area contributed by atoms with Gasteiger partial charge in [0, 0.05) is 6.20 Å². The van der Waals surface area contributed by atoms with Gasteiger partial charge in [0.25, 0.3) is 5.78 Å². The number of ketones is 1. The first-order chi connectivity index (χ1) is 8.61. The lowest BCUT2D eigenvalue weighted by atomic mass is 10.1. The Labute approximate surface area is 104 Å². The first-order valence-electron chi connectivity index (χ1n) is 5.47. The summed E-state index contributed by atoms with van der Waals surface area (Å²) in [5, 5.41) is 12.8. The maximum atomic E-state index is 11.5. The van der Waals surface area contributed by atoms with E-state index in [0.29, 0.717) is 0 Å². The normalized spacial score (nSPS) is 12.1. The summed E-state index contributed by atoms with van der Waals surface area (Å²) in [5.41, 5.74) is 1.04. The fraction of sp³-hybridized carbons (Fsp3) is 0.154. The van der Waals surface area contributed by atoms with Crippen LogP contribution in [0.15, 0.2) is 42.6 Å². The lowest BCUT2D eigenvalue weighted by Crippen LogP contribution is -2.20. The number of carboxylic acid groups (broad SMARTS) is 1. The Morgan fingerprint density at radius 3 is 2.50 bits per heavy atom. The number of hydrogen-bond donors (Lipinski definition) is 1.